The molecule has 16 heteroatoms. The molecule has 0 saturated carbocycles. The van der Waals surface area contributed by atoms with Crippen LogP contribution in [0.2, 0.25) is 0 Å². The first kappa shape index (κ1) is 29.7. The van der Waals surface area contributed by atoms with Gasteiger partial charge in [0.1, 0.15) is 54.9 Å². The fourth-order valence-corrected chi connectivity index (χ4v) is 3.92. The van der Waals surface area contributed by atoms with Gasteiger partial charge in [0, 0.05) is 14.0 Å². The van der Waals surface area contributed by atoms with Gasteiger partial charge in [-0.15, -0.1) is 0 Å². The van der Waals surface area contributed by atoms with E-state index in [1.807, 2.05) is 0 Å². The summed E-state index contributed by atoms with van der Waals surface area (Å²) < 4.78 is 25.8. The number of hydrogen-bond donors (Lipinski definition) is 9. The van der Waals surface area contributed by atoms with Crippen LogP contribution in [0.3, 0.4) is 0 Å². The average molecular weight is 515 g/mol. The molecule has 2 fully saturated rings. The molecule has 2 heterocycles. The molecule has 0 aromatic rings. The van der Waals surface area contributed by atoms with Crippen molar-refractivity contribution in [2.45, 2.75) is 80.0 Å². The van der Waals surface area contributed by atoms with E-state index < -0.39 is 98.1 Å². The van der Waals surface area contributed by atoms with E-state index in [1.54, 1.807) is 0 Å². The molecule has 2 saturated heterocycles. The third-order valence-electron chi connectivity index (χ3n) is 5.87. The number of ether oxygens (including phenoxy) is 5. The lowest BCUT2D eigenvalue weighted by Crippen LogP contribution is -2.74. The summed E-state index contributed by atoms with van der Waals surface area (Å²) >= 11 is 0. The van der Waals surface area contributed by atoms with Crippen LogP contribution in [0.1, 0.15) is 6.92 Å². The molecule has 0 aromatic carbocycles. The molecule has 0 aliphatic carbocycles. The number of amides is 1. The maximum atomic E-state index is 12.7. The van der Waals surface area contributed by atoms with E-state index in [1.165, 1.54) is 0 Å². The van der Waals surface area contributed by atoms with E-state index in [9.17, 15) is 50.4 Å². The molecule has 16 nitrogen and oxygen atoms in total. The van der Waals surface area contributed by atoms with Gasteiger partial charge in [-0.2, -0.15) is 0 Å². The van der Waals surface area contributed by atoms with Crippen molar-refractivity contribution in [2.24, 2.45) is 0 Å². The van der Waals surface area contributed by atoms with Gasteiger partial charge in [0.15, 0.2) is 6.29 Å². The minimum atomic E-state index is -2.91. The summed E-state index contributed by atoms with van der Waals surface area (Å²) in [4.78, 5) is 24.4. The second-order valence-corrected chi connectivity index (χ2v) is 8.21. The highest BCUT2D eigenvalue weighted by molar-refractivity contribution is 5.79. The van der Waals surface area contributed by atoms with Crippen molar-refractivity contribution in [3.05, 3.63) is 0 Å². The Hall–Kier alpha value is -1.54. The summed E-state index contributed by atoms with van der Waals surface area (Å²) in [6.07, 6.45) is -18.0. The molecule has 2 rings (SSSR count). The van der Waals surface area contributed by atoms with Crippen LogP contribution in [0.5, 0.6) is 0 Å². The minimum absolute atomic E-state index is 0.732. The first-order valence-corrected chi connectivity index (χ1v) is 10.6. The smallest absolute Gasteiger partial charge is 0.369 e. The predicted molar refractivity (Wildman–Crippen MR) is 108 cm³/mol. The lowest BCUT2D eigenvalue weighted by molar-refractivity contribution is -0.362. The lowest BCUT2D eigenvalue weighted by atomic mass is 9.86. The molecule has 12 atom stereocenters. The minimum Gasteiger partial charge on any atom is -0.465 e. The highest BCUT2D eigenvalue weighted by Crippen LogP contribution is 2.35. The van der Waals surface area contributed by atoms with Gasteiger partial charge < -0.3 is 69.9 Å². The molecule has 2 aliphatic heterocycles. The van der Waals surface area contributed by atoms with E-state index in [-0.39, 0.29) is 0 Å². The Morgan fingerprint density at radius 3 is 2.17 bits per heavy atom. The van der Waals surface area contributed by atoms with Crippen LogP contribution in [0.25, 0.3) is 0 Å². The fourth-order valence-electron chi connectivity index (χ4n) is 3.92. The maximum Gasteiger partial charge on any atom is 0.369 e. The van der Waals surface area contributed by atoms with E-state index in [0.717, 1.165) is 21.1 Å². The Morgan fingerprint density at radius 1 is 1.03 bits per heavy atom. The van der Waals surface area contributed by atoms with Crippen molar-refractivity contribution in [1.29, 1.82) is 0 Å². The summed E-state index contributed by atoms with van der Waals surface area (Å²) in [5.41, 5.74) is 0. The zero-order valence-electron chi connectivity index (χ0n) is 19.2. The Kier molecular flexibility index (Phi) is 10.3. The second kappa shape index (κ2) is 12.1. The zero-order chi connectivity index (χ0) is 26.7. The van der Waals surface area contributed by atoms with Crippen LogP contribution in [0, 0.1) is 0 Å². The summed E-state index contributed by atoms with van der Waals surface area (Å²) in [6.45, 7) is -0.740. The van der Waals surface area contributed by atoms with Crippen LogP contribution in [-0.2, 0) is 33.3 Å². The molecule has 35 heavy (non-hydrogen) atoms. The molecule has 0 bridgehead atoms. The Labute approximate surface area is 199 Å². The number of carbonyl (C=O) groups is 2. The van der Waals surface area contributed by atoms with Crippen LogP contribution in [0.4, 0.5) is 0 Å². The molecular weight excluding hydrogens is 482 g/mol. The Morgan fingerprint density at radius 2 is 1.66 bits per heavy atom. The van der Waals surface area contributed by atoms with Crippen LogP contribution < -0.4 is 5.32 Å². The summed E-state index contributed by atoms with van der Waals surface area (Å²) in [7, 11) is 2.04. The van der Waals surface area contributed by atoms with Gasteiger partial charge in [-0.1, -0.05) is 0 Å². The number of methoxy groups -OCH3 is 2. The molecule has 9 N–H and O–H groups in total. The number of hydrogen-bond acceptors (Lipinski definition) is 15. The van der Waals surface area contributed by atoms with Crippen molar-refractivity contribution in [3.8, 4) is 0 Å². The number of aliphatic hydroxyl groups excluding tert-OH is 8. The van der Waals surface area contributed by atoms with Gasteiger partial charge in [-0.25, -0.2) is 4.79 Å². The summed E-state index contributed by atoms with van der Waals surface area (Å²) in [6, 6.07) is -1.59. The van der Waals surface area contributed by atoms with Gasteiger partial charge in [0.25, 0.3) is 5.79 Å². The number of esters is 1. The third kappa shape index (κ3) is 5.90. The van der Waals surface area contributed by atoms with Gasteiger partial charge in [-0.3, -0.25) is 4.79 Å². The molecule has 204 valence electrons. The molecular formula is C19H33NO15. The Bertz CT molecular complexity index is 724. The van der Waals surface area contributed by atoms with Crippen molar-refractivity contribution >= 4 is 11.9 Å². The molecule has 0 radical (unpaired) electrons. The quantitative estimate of drug-likeness (QED) is 0.129. The molecule has 0 aromatic heterocycles. The van der Waals surface area contributed by atoms with Crippen LogP contribution in [-0.4, -0.2) is 153 Å². The first-order chi connectivity index (χ1) is 16.4. The fraction of sp³-hybridized carbons (Fsp3) is 0.895. The van der Waals surface area contributed by atoms with Gasteiger partial charge in [0.05, 0.1) is 26.4 Å². The molecule has 1 amide bonds. The highest BCUT2D eigenvalue weighted by Gasteiger charge is 2.63. The first-order valence-electron chi connectivity index (χ1n) is 10.6. The topological polar surface area (TPSA) is 254 Å². The number of aliphatic hydroxyl groups is 8. The normalized spacial score (nSPS) is 41.6. The van der Waals surface area contributed by atoms with Crippen LogP contribution in [0.15, 0.2) is 0 Å². The molecule has 0 spiro atoms. The number of rotatable bonds is 9. The molecule has 2 aliphatic rings. The van der Waals surface area contributed by atoms with Crippen molar-refractivity contribution < 1.29 is 74.1 Å². The molecule has 0 unspecified atom stereocenters. The number of carbonyl (C=O) groups excluding carboxylic acids is 2. The van der Waals surface area contributed by atoms with Gasteiger partial charge >= 0.3 is 5.97 Å². The maximum absolute atomic E-state index is 12.7. The number of nitrogens with one attached hydrogen (secondary N) is 1. The summed E-state index contributed by atoms with van der Waals surface area (Å²) in [5, 5.41) is 83.5. The lowest BCUT2D eigenvalue weighted by Gasteiger charge is -2.50. The average Bonchev–Trinajstić information content (AvgIpc) is 2.84. The summed E-state index contributed by atoms with van der Waals surface area (Å²) in [5.74, 6) is -5.06. The zero-order valence-corrected chi connectivity index (χ0v) is 19.2. The van der Waals surface area contributed by atoms with Crippen LogP contribution >= 0.6 is 0 Å². The van der Waals surface area contributed by atoms with Crippen molar-refractivity contribution in [1.82, 2.24) is 5.32 Å². The van der Waals surface area contributed by atoms with E-state index in [0.29, 0.717) is 0 Å². The van der Waals surface area contributed by atoms with Crippen molar-refractivity contribution in [2.75, 3.05) is 27.4 Å². The van der Waals surface area contributed by atoms with Gasteiger partial charge in [0.2, 0.25) is 5.91 Å². The third-order valence-corrected chi connectivity index (χ3v) is 5.87. The predicted octanol–water partition coefficient (Wildman–Crippen LogP) is -6.33. The second-order valence-electron chi connectivity index (χ2n) is 8.21. The largest absolute Gasteiger partial charge is 0.465 e. The van der Waals surface area contributed by atoms with Gasteiger partial charge in [-0.05, 0) is 0 Å². The monoisotopic (exact) mass is 515 g/mol. The van der Waals surface area contributed by atoms with E-state index >= 15 is 0 Å². The van der Waals surface area contributed by atoms with E-state index in [2.05, 4.69) is 10.1 Å². The van der Waals surface area contributed by atoms with E-state index in [4.69, 9.17) is 18.9 Å². The van der Waals surface area contributed by atoms with Crippen molar-refractivity contribution in [3.63, 3.8) is 0 Å². The Balaban J connectivity index is 2.41. The highest BCUT2D eigenvalue weighted by atomic mass is 16.8. The standard InChI is InChI=1S/C19H33NO15/c1-6(22)20-9-12(26)16(29)19(18(30)32-3,35-15(9)10(24)7(23)4-21)33-5-8-11(25)13(27)14(28)17(31-2)34-8/h7-17,21,23-29H,4-5H2,1-3H3,(H,20,22)/t7-,8-,9-,10-,11-,12-,13+,14-,15-,16+,17+,19-/m1/s1. The SMILES string of the molecule is COC(=O)[C@]1(OC[C@H]2O[C@H](OC)[C@H](O)[C@@H](O)[C@@H]2O)O[C@@H]([C@H](O)[C@H](O)CO)[C@H](NC(C)=O)[C@@H](O)[C@@H]1O.